The Labute approximate surface area is 71.7 Å². The first-order chi connectivity index (χ1) is 5.61. The molecule has 0 radical (unpaired) electrons. The van der Waals surface area contributed by atoms with E-state index in [9.17, 15) is 9.18 Å². The Kier molecular flexibility index (Phi) is 3.03. The van der Waals surface area contributed by atoms with Crippen LogP contribution in [0.5, 0.6) is 0 Å². The quantitative estimate of drug-likeness (QED) is 0.621. The molecule has 1 fully saturated rings. The summed E-state index contributed by atoms with van der Waals surface area (Å²) in [5, 5.41) is 0. The van der Waals surface area contributed by atoms with Gasteiger partial charge in [-0.1, -0.05) is 0 Å². The van der Waals surface area contributed by atoms with E-state index < -0.39 is 12.2 Å². The molecule has 0 bridgehead atoms. The maximum Gasteiger partial charge on any atom is 0.239 e. The zero-order valence-electron chi connectivity index (χ0n) is 7.29. The van der Waals surface area contributed by atoms with E-state index in [1.807, 2.05) is 0 Å². The van der Waals surface area contributed by atoms with Crippen LogP contribution in [0.1, 0.15) is 19.8 Å². The molecular formula is C8H15FN2O. The van der Waals surface area contributed by atoms with Gasteiger partial charge in [0.15, 0.2) is 0 Å². The molecule has 1 heterocycles. The van der Waals surface area contributed by atoms with E-state index in [0.717, 1.165) is 6.42 Å². The summed E-state index contributed by atoms with van der Waals surface area (Å²) in [6, 6.07) is -0.504. The van der Waals surface area contributed by atoms with Gasteiger partial charge >= 0.3 is 0 Å². The molecule has 0 unspecified atom stereocenters. The normalized spacial score (nSPS) is 26.9. The lowest BCUT2D eigenvalue weighted by Gasteiger charge is -2.30. The minimum absolute atomic E-state index is 0.141. The number of amides is 1. The summed E-state index contributed by atoms with van der Waals surface area (Å²) < 4.78 is 12.8. The molecular weight excluding hydrogens is 159 g/mol. The summed E-state index contributed by atoms with van der Waals surface area (Å²) in [5.74, 6) is -0.141. The van der Waals surface area contributed by atoms with Gasteiger partial charge in [0.05, 0.1) is 12.6 Å². The summed E-state index contributed by atoms with van der Waals surface area (Å²) in [5.41, 5.74) is 5.40. The molecule has 1 aliphatic rings. The molecule has 4 heteroatoms. The molecule has 0 aromatic rings. The second-order valence-electron chi connectivity index (χ2n) is 3.31. The maximum atomic E-state index is 12.8. The molecule has 0 saturated carbocycles. The average Bonchev–Trinajstić information content (AvgIpc) is 2.03. The van der Waals surface area contributed by atoms with Gasteiger partial charge in [0.25, 0.3) is 0 Å². The van der Waals surface area contributed by atoms with Crippen molar-refractivity contribution < 1.29 is 9.18 Å². The Balaban J connectivity index is 2.46. The van der Waals surface area contributed by atoms with Crippen LogP contribution in [-0.4, -0.2) is 36.1 Å². The molecule has 70 valence electrons. The van der Waals surface area contributed by atoms with Crippen molar-refractivity contribution in [2.45, 2.75) is 32.0 Å². The first-order valence-electron chi connectivity index (χ1n) is 4.29. The SMILES string of the molecule is C[C@@H](N)C(=O)N1CCC[C@@H](F)C1. The Bertz CT molecular complexity index is 172. The van der Waals surface area contributed by atoms with Crippen molar-refractivity contribution in [1.29, 1.82) is 0 Å². The van der Waals surface area contributed by atoms with Gasteiger partial charge in [-0.25, -0.2) is 4.39 Å². The number of halogens is 1. The predicted molar refractivity (Wildman–Crippen MR) is 44.4 cm³/mol. The van der Waals surface area contributed by atoms with Gasteiger partial charge in [0.2, 0.25) is 5.91 Å². The highest BCUT2D eigenvalue weighted by Gasteiger charge is 2.24. The van der Waals surface area contributed by atoms with Crippen molar-refractivity contribution in [2.75, 3.05) is 13.1 Å². The Morgan fingerprint density at radius 3 is 2.92 bits per heavy atom. The summed E-state index contributed by atoms with van der Waals surface area (Å²) >= 11 is 0. The zero-order chi connectivity index (χ0) is 9.14. The highest BCUT2D eigenvalue weighted by Crippen LogP contribution is 2.13. The van der Waals surface area contributed by atoms with Crippen LogP contribution in [0.25, 0.3) is 0 Å². The van der Waals surface area contributed by atoms with E-state index in [1.165, 1.54) is 4.90 Å². The van der Waals surface area contributed by atoms with Crippen molar-refractivity contribution in [3.63, 3.8) is 0 Å². The fourth-order valence-corrected chi connectivity index (χ4v) is 1.41. The number of rotatable bonds is 1. The highest BCUT2D eigenvalue weighted by molar-refractivity contribution is 5.81. The topological polar surface area (TPSA) is 46.3 Å². The van der Waals surface area contributed by atoms with Gasteiger partial charge in [0.1, 0.15) is 6.17 Å². The summed E-state index contributed by atoms with van der Waals surface area (Å²) in [6.07, 6.45) is 0.462. The minimum atomic E-state index is -0.860. The number of carbonyl (C=O) groups excluding carboxylic acids is 1. The number of carbonyl (C=O) groups is 1. The fourth-order valence-electron chi connectivity index (χ4n) is 1.41. The van der Waals surface area contributed by atoms with Gasteiger partial charge < -0.3 is 10.6 Å². The standard InChI is InChI=1S/C8H15FN2O/c1-6(10)8(12)11-4-2-3-7(9)5-11/h6-7H,2-5,10H2,1H3/t6-,7-/m1/s1. The number of alkyl halides is 1. The lowest BCUT2D eigenvalue weighted by molar-refractivity contribution is -0.134. The number of hydrogen-bond acceptors (Lipinski definition) is 2. The fraction of sp³-hybridized carbons (Fsp3) is 0.875. The van der Waals surface area contributed by atoms with E-state index in [1.54, 1.807) is 6.92 Å². The molecule has 0 aromatic heterocycles. The summed E-state index contributed by atoms with van der Waals surface area (Å²) in [6.45, 7) is 2.51. The third-order valence-electron chi connectivity index (χ3n) is 2.07. The van der Waals surface area contributed by atoms with Crippen LogP contribution in [-0.2, 0) is 4.79 Å². The lowest BCUT2D eigenvalue weighted by atomic mass is 10.1. The van der Waals surface area contributed by atoms with Crippen LogP contribution < -0.4 is 5.73 Å². The monoisotopic (exact) mass is 174 g/mol. The molecule has 1 saturated heterocycles. The van der Waals surface area contributed by atoms with E-state index in [4.69, 9.17) is 5.73 Å². The van der Waals surface area contributed by atoms with Crippen LogP contribution in [0.15, 0.2) is 0 Å². The Morgan fingerprint density at radius 1 is 1.75 bits per heavy atom. The Morgan fingerprint density at radius 2 is 2.42 bits per heavy atom. The molecule has 1 rings (SSSR count). The average molecular weight is 174 g/mol. The summed E-state index contributed by atoms with van der Waals surface area (Å²) in [4.78, 5) is 12.8. The maximum absolute atomic E-state index is 12.8. The largest absolute Gasteiger partial charge is 0.338 e. The highest BCUT2D eigenvalue weighted by atomic mass is 19.1. The third-order valence-corrected chi connectivity index (χ3v) is 2.07. The van der Waals surface area contributed by atoms with Crippen molar-refractivity contribution in [3.8, 4) is 0 Å². The minimum Gasteiger partial charge on any atom is -0.338 e. The smallest absolute Gasteiger partial charge is 0.239 e. The molecule has 12 heavy (non-hydrogen) atoms. The van der Waals surface area contributed by atoms with Crippen molar-refractivity contribution >= 4 is 5.91 Å². The van der Waals surface area contributed by atoms with Crippen molar-refractivity contribution in [2.24, 2.45) is 5.73 Å². The van der Waals surface area contributed by atoms with Gasteiger partial charge in [-0.2, -0.15) is 0 Å². The molecule has 3 nitrogen and oxygen atoms in total. The summed E-state index contributed by atoms with van der Waals surface area (Å²) in [7, 11) is 0. The number of nitrogens with two attached hydrogens (primary N) is 1. The van der Waals surface area contributed by atoms with Gasteiger partial charge in [-0.3, -0.25) is 4.79 Å². The van der Waals surface area contributed by atoms with Gasteiger partial charge in [0, 0.05) is 6.54 Å². The Hall–Kier alpha value is -0.640. The van der Waals surface area contributed by atoms with Crippen LogP contribution in [0, 0.1) is 0 Å². The van der Waals surface area contributed by atoms with Crippen LogP contribution >= 0.6 is 0 Å². The van der Waals surface area contributed by atoms with Gasteiger partial charge in [-0.05, 0) is 19.8 Å². The van der Waals surface area contributed by atoms with Crippen molar-refractivity contribution in [3.05, 3.63) is 0 Å². The van der Waals surface area contributed by atoms with E-state index in [0.29, 0.717) is 13.0 Å². The third kappa shape index (κ3) is 2.17. The van der Waals surface area contributed by atoms with E-state index in [-0.39, 0.29) is 12.5 Å². The molecule has 1 amide bonds. The van der Waals surface area contributed by atoms with Crippen molar-refractivity contribution in [1.82, 2.24) is 4.90 Å². The van der Waals surface area contributed by atoms with E-state index >= 15 is 0 Å². The number of piperidine rings is 1. The zero-order valence-corrected chi connectivity index (χ0v) is 7.29. The number of hydrogen-bond donors (Lipinski definition) is 1. The second kappa shape index (κ2) is 3.85. The predicted octanol–water partition coefficient (Wildman–Crippen LogP) is 0.294. The first-order valence-corrected chi connectivity index (χ1v) is 4.29. The number of likely N-dealkylation sites (tertiary alicyclic amines) is 1. The van der Waals surface area contributed by atoms with Gasteiger partial charge in [-0.15, -0.1) is 0 Å². The molecule has 2 atom stereocenters. The lowest BCUT2D eigenvalue weighted by Crippen LogP contribution is -2.47. The molecule has 1 aliphatic heterocycles. The van der Waals surface area contributed by atoms with Crippen LogP contribution in [0.3, 0.4) is 0 Å². The molecule has 2 N–H and O–H groups in total. The van der Waals surface area contributed by atoms with Crippen LogP contribution in [0.2, 0.25) is 0 Å². The van der Waals surface area contributed by atoms with Crippen LogP contribution in [0.4, 0.5) is 4.39 Å². The molecule has 0 aliphatic carbocycles. The first kappa shape index (κ1) is 9.45. The number of nitrogens with zero attached hydrogens (tertiary/aromatic N) is 1. The molecule has 0 aromatic carbocycles. The van der Waals surface area contributed by atoms with E-state index in [2.05, 4.69) is 0 Å². The molecule has 0 spiro atoms. The second-order valence-corrected chi connectivity index (χ2v) is 3.31.